The van der Waals surface area contributed by atoms with Gasteiger partial charge in [-0.15, -0.1) is 0 Å². The Morgan fingerprint density at radius 2 is 1.54 bits per heavy atom. The Morgan fingerprint density at radius 1 is 0.897 bits per heavy atom. The van der Waals surface area contributed by atoms with Crippen LogP contribution in [0, 0.1) is 0 Å². The summed E-state index contributed by atoms with van der Waals surface area (Å²) in [5.74, 6) is -2.22. The molecule has 1 heterocycles. The van der Waals surface area contributed by atoms with Crippen LogP contribution in [0.25, 0.3) is 0 Å². The molecule has 0 spiro atoms. The first kappa shape index (κ1) is 29.7. The molecule has 1 atom stereocenters. The lowest BCUT2D eigenvalue weighted by atomic mass is 10.0. The Kier molecular flexibility index (Phi) is 11.3. The van der Waals surface area contributed by atoms with E-state index in [1.807, 2.05) is 67.6 Å². The van der Waals surface area contributed by atoms with E-state index in [2.05, 4.69) is 22.0 Å². The van der Waals surface area contributed by atoms with Gasteiger partial charge in [0.1, 0.15) is 0 Å². The van der Waals surface area contributed by atoms with Gasteiger partial charge < -0.3 is 26.2 Å². The second kappa shape index (κ2) is 14.9. The molecule has 3 aromatic rings. The van der Waals surface area contributed by atoms with Crippen molar-refractivity contribution in [2.45, 2.75) is 45.2 Å². The Hall–Kier alpha value is -3.88. The molecule has 1 aliphatic heterocycles. The molecular formula is C30H34ClN3O5. The van der Waals surface area contributed by atoms with Crippen molar-refractivity contribution in [3.63, 3.8) is 0 Å². The molecule has 4 rings (SSSR count). The largest absolute Gasteiger partial charge is 0.481 e. The van der Waals surface area contributed by atoms with Gasteiger partial charge in [0.2, 0.25) is 0 Å². The first-order valence-corrected chi connectivity index (χ1v) is 13.3. The van der Waals surface area contributed by atoms with Gasteiger partial charge in [0.25, 0.3) is 5.91 Å². The van der Waals surface area contributed by atoms with Gasteiger partial charge in [-0.05, 0) is 73.3 Å². The molecule has 0 saturated carbocycles. The number of rotatable bonds is 9. The van der Waals surface area contributed by atoms with Crippen LogP contribution < -0.4 is 16.0 Å². The van der Waals surface area contributed by atoms with E-state index in [4.69, 9.17) is 21.8 Å². The highest BCUT2D eigenvalue weighted by Crippen LogP contribution is 2.31. The molecule has 1 amide bonds. The Morgan fingerprint density at radius 3 is 2.18 bits per heavy atom. The summed E-state index contributed by atoms with van der Waals surface area (Å²) >= 11 is 6.51. The maximum absolute atomic E-state index is 12.6. The Labute approximate surface area is 233 Å². The molecule has 1 aliphatic rings. The quantitative estimate of drug-likeness (QED) is 0.251. The predicted molar refractivity (Wildman–Crippen MR) is 152 cm³/mol. The third-order valence-corrected chi connectivity index (χ3v) is 6.68. The van der Waals surface area contributed by atoms with Crippen LogP contribution in [0.5, 0.6) is 0 Å². The average Bonchev–Trinajstić information content (AvgIpc) is 3.18. The van der Waals surface area contributed by atoms with Crippen LogP contribution in [0.2, 0.25) is 5.02 Å². The highest BCUT2D eigenvalue weighted by molar-refractivity contribution is 6.33. The van der Waals surface area contributed by atoms with E-state index in [-0.39, 0.29) is 24.8 Å². The van der Waals surface area contributed by atoms with Crippen molar-refractivity contribution in [1.82, 2.24) is 10.6 Å². The maximum atomic E-state index is 12.6. The third-order valence-electron chi connectivity index (χ3n) is 6.37. The van der Waals surface area contributed by atoms with Crippen LogP contribution >= 0.6 is 11.6 Å². The van der Waals surface area contributed by atoms with Crippen LogP contribution in [0.15, 0.2) is 66.7 Å². The number of amides is 1. The number of carboxylic acid groups (broad SMARTS) is 2. The first-order chi connectivity index (χ1) is 18.7. The summed E-state index contributed by atoms with van der Waals surface area (Å²) in [5, 5.41) is 26.6. The smallest absolute Gasteiger partial charge is 0.303 e. The summed E-state index contributed by atoms with van der Waals surface area (Å²) < 4.78 is 0. The molecule has 0 fully saturated rings. The van der Waals surface area contributed by atoms with Gasteiger partial charge in [0.05, 0.1) is 29.6 Å². The lowest BCUT2D eigenvalue weighted by molar-refractivity contribution is -0.143. The fourth-order valence-electron chi connectivity index (χ4n) is 4.22. The molecule has 0 aliphatic carbocycles. The van der Waals surface area contributed by atoms with E-state index in [9.17, 15) is 14.4 Å². The van der Waals surface area contributed by atoms with Crippen molar-refractivity contribution in [1.29, 1.82) is 0 Å². The first-order valence-electron chi connectivity index (χ1n) is 12.9. The Bertz CT molecular complexity index is 1250. The Balaban J connectivity index is 0.000000459. The van der Waals surface area contributed by atoms with Gasteiger partial charge in [-0.3, -0.25) is 14.4 Å². The zero-order valence-electron chi connectivity index (χ0n) is 21.9. The third kappa shape index (κ3) is 9.42. The van der Waals surface area contributed by atoms with Crippen molar-refractivity contribution < 1.29 is 24.6 Å². The number of nitrogens with one attached hydrogen (secondary N) is 3. The number of hydrogen-bond acceptors (Lipinski definition) is 5. The SMILES string of the molecule is C[C@H](NC(=O)c1ccc(CNc2c(Cl)ccc3c2CCNCC3)cc1)c1ccccc1.O=C(O)CCC(=O)O. The highest BCUT2D eigenvalue weighted by atomic mass is 35.5. The number of aliphatic carboxylic acids is 2. The maximum Gasteiger partial charge on any atom is 0.303 e. The second-order valence-corrected chi connectivity index (χ2v) is 9.66. The van der Waals surface area contributed by atoms with Crippen molar-refractivity contribution in [2.24, 2.45) is 0 Å². The minimum Gasteiger partial charge on any atom is -0.481 e. The predicted octanol–water partition coefficient (Wildman–Crippen LogP) is 5.07. The van der Waals surface area contributed by atoms with Gasteiger partial charge in [0, 0.05) is 12.1 Å². The second-order valence-electron chi connectivity index (χ2n) is 9.25. The van der Waals surface area contributed by atoms with Crippen LogP contribution in [0.3, 0.4) is 0 Å². The molecule has 0 aromatic heterocycles. The summed E-state index contributed by atoms with van der Waals surface area (Å²) in [6.45, 7) is 4.62. The van der Waals surface area contributed by atoms with Crippen LogP contribution in [0.1, 0.15) is 58.4 Å². The molecule has 0 unspecified atom stereocenters. The van der Waals surface area contributed by atoms with Crippen molar-refractivity contribution in [2.75, 3.05) is 18.4 Å². The fraction of sp³-hybridized carbons (Fsp3) is 0.300. The molecule has 3 aromatic carbocycles. The van der Waals surface area contributed by atoms with Gasteiger partial charge in [0.15, 0.2) is 0 Å². The number of fused-ring (bicyclic) bond motifs is 1. The van der Waals surface area contributed by atoms with E-state index in [1.165, 1.54) is 11.1 Å². The number of carbonyl (C=O) groups is 3. The molecule has 8 nitrogen and oxygen atoms in total. The highest BCUT2D eigenvalue weighted by Gasteiger charge is 2.15. The lowest BCUT2D eigenvalue weighted by Gasteiger charge is -2.17. The molecule has 0 radical (unpaired) electrons. The summed E-state index contributed by atoms with van der Waals surface area (Å²) in [5.41, 5.74) is 6.55. The number of carboxylic acids is 2. The number of carbonyl (C=O) groups excluding carboxylic acids is 1. The molecule has 0 saturated heterocycles. The van der Waals surface area contributed by atoms with E-state index in [0.717, 1.165) is 47.8 Å². The molecule has 9 heteroatoms. The molecule has 5 N–H and O–H groups in total. The molecule has 0 bridgehead atoms. The van der Waals surface area contributed by atoms with Crippen LogP contribution in [0.4, 0.5) is 5.69 Å². The number of anilines is 1. The van der Waals surface area contributed by atoms with Crippen molar-refractivity contribution in [3.8, 4) is 0 Å². The number of halogens is 1. The van der Waals surface area contributed by atoms with E-state index in [1.54, 1.807) is 0 Å². The normalized spacial score (nSPS) is 13.1. The minimum atomic E-state index is -1.08. The zero-order chi connectivity index (χ0) is 28.2. The van der Waals surface area contributed by atoms with Crippen molar-refractivity contribution in [3.05, 3.63) is 99.6 Å². The van der Waals surface area contributed by atoms with Crippen LogP contribution in [-0.4, -0.2) is 41.1 Å². The minimum absolute atomic E-state index is 0.0417. The van der Waals surface area contributed by atoms with Gasteiger partial charge in [-0.25, -0.2) is 0 Å². The zero-order valence-corrected chi connectivity index (χ0v) is 22.6. The molecule has 206 valence electrons. The molecular weight excluding hydrogens is 518 g/mol. The lowest BCUT2D eigenvalue weighted by Crippen LogP contribution is -2.26. The average molecular weight is 552 g/mol. The summed E-state index contributed by atoms with van der Waals surface area (Å²) in [6.07, 6.45) is 1.40. The van der Waals surface area contributed by atoms with E-state index in [0.29, 0.717) is 12.1 Å². The monoisotopic (exact) mass is 551 g/mol. The summed E-state index contributed by atoms with van der Waals surface area (Å²) in [4.78, 5) is 31.9. The van der Waals surface area contributed by atoms with E-state index >= 15 is 0 Å². The molecule has 39 heavy (non-hydrogen) atoms. The standard InChI is InChI=1S/C26H28ClN3O.C4H6O4/c1-18(20-5-3-2-4-6-20)30-26(31)22-9-7-19(8-10-22)17-29-25-23-14-16-28-15-13-21(23)11-12-24(25)27;5-3(6)1-2-4(7)8/h2-12,18,28-29H,13-17H2,1H3,(H,30,31);1-2H2,(H,5,6)(H,7,8)/t18-;/m0./s1. The fourth-order valence-corrected chi connectivity index (χ4v) is 4.46. The summed E-state index contributed by atoms with van der Waals surface area (Å²) in [6, 6.07) is 21.8. The summed E-state index contributed by atoms with van der Waals surface area (Å²) in [7, 11) is 0. The van der Waals surface area contributed by atoms with Gasteiger partial charge in [-0.2, -0.15) is 0 Å². The van der Waals surface area contributed by atoms with Gasteiger partial charge in [-0.1, -0.05) is 60.1 Å². The van der Waals surface area contributed by atoms with Crippen molar-refractivity contribution >= 4 is 35.1 Å². The van der Waals surface area contributed by atoms with Crippen LogP contribution in [-0.2, 0) is 29.0 Å². The number of benzene rings is 3. The number of hydrogen-bond donors (Lipinski definition) is 5. The van der Waals surface area contributed by atoms with Gasteiger partial charge >= 0.3 is 11.9 Å². The van der Waals surface area contributed by atoms with E-state index < -0.39 is 11.9 Å². The topological polar surface area (TPSA) is 128 Å².